The highest BCUT2D eigenvalue weighted by Gasteiger charge is 2.25. The summed E-state index contributed by atoms with van der Waals surface area (Å²) in [6, 6.07) is 13.0. The average molecular weight is 421 g/mol. The molecule has 0 bridgehead atoms. The van der Waals surface area contributed by atoms with Crippen LogP contribution in [0.1, 0.15) is 27.6 Å². The SMILES string of the molecule is CCOC(=O)c1c(N)n(CCNC(=O)c2ccccc2F)c2nc3ccccc3nc12. The summed E-state index contributed by atoms with van der Waals surface area (Å²) in [5.41, 5.74) is 8.34. The van der Waals surface area contributed by atoms with Gasteiger partial charge in [0.25, 0.3) is 5.91 Å². The Hall–Kier alpha value is -4.01. The summed E-state index contributed by atoms with van der Waals surface area (Å²) in [5, 5.41) is 2.66. The van der Waals surface area contributed by atoms with E-state index in [1.165, 1.54) is 18.2 Å². The number of nitrogens with zero attached hydrogens (tertiary/aromatic N) is 3. The third-order valence-corrected chi connectivity index (χ3v) is 4.81. The fourth-order valence-electron chi connectivity index (χ4n) is 3.37. The number of para-hydroxylation sites is 2. The predicted molar refractivity (Wildman–Crippen MR) is 114 cm³/mol. The van der Waals surface area contributed by atoms with Crippen molar-refractivity contribution in [3.05, 3.63) is 65.5 Å². The lowest BCUT2D eigenvalue weighted by Gasteiger charge is -2.10. The van der Waals surface area contributed by atoms with Crippen molar-refractivity contribution >= 4 is 39.9 Å². The van der Waals surface area contributed by atoms with E-state index in [1.54, 1.807) is 29.7 Å². The number of ether oxygens (including phenoxy) is 1. The van der Waals surface area contributed by atoms with Gasteiger partial charge in [-0.15, -0.1) is 0 Å². The van der Waals surface area contributed by atoms with E-state index < -0.39 is 17.7 Å². The number of nitrogen functional groups attached to an aromatic ring is 1. The van der Waals surface area contributed by atoms with Crippen molar-refractivity contribution in [3.63, 3.8) is 0 Å². The Morgan fingerprint density at radius 2 is 1.77 bits per heavy atom. The molecule has 2 aromatic carbocycles. The highest BCUT2D eigenvalue weighted by atomic mass is 19.1. The molecule has 0 radical (unpaired) electrons. The van der Waals surface area contributed by atoms with Crippen LogP contribution in [0.15, 0.2) is 48.5 Å². The predicted octanol–water partition coefficient (Wildman–Crippen LogP) is 2.91. The minimum Gasteiger partial charge on any atom is -0.462 e. The van der Waals surface area contributed by atoms with Crippen molar-refractivity contribution in [1.29, 1.82) is 0 Å². The van der Waals surface area contributed by atoms with Crippen LogP contribution in [0.25, 0.3) is 22.2 Å². The van der Waals surface area contributed by atoms with Gasteiger partial charge >= 0.3 is 5.97 Å². The number of aromatic nitrogens is 3. The van der Waals surface area contributed by atoms with Crippen LogP contribution >= 0.6 is 0 Å². The second-order valence-corrected chi connectivity index (χ2v) is 6.75. The maximum absolute atomic E-state index is 13.8. The van der Waals surface area contributed by atoms with Crippen molar-refractivity contribution in [2.45, 2.75) is 13.5 Å². The van der Waals surface area contributed by atoms with Gasteiger partial charge in [-0.25, -0.2) is 19.2 Å². The van der Waals surface area contributed by atoms with E-state index in [1.807, 2.05) is 12.1 Å². The number of amides is 1. The van der Waals surface area contributed by atoms with Crippen LogP contribution in [-0.2, 0) is 11.3 Å². The lowest BCUT2D eigenvalue weighted by atomic mass is 10.2. The van der Waals surface area contributed by atoms with E-state index in [9.17, 15) is 14.0 Å². The van der Waals surface area contributed by atoms with Crippen molar-refractivity contribution in [2.75, 3.05) is 18.9 Å². The lowest BCUT2D eigenvalue weighted by Crippen LogP contribution is -2.28. The van der Waals surface area contributed by atoms with Gasteiger partial charge in [0.05, 0.1) is 23.2 Å². The second kappa shape index (κ2) is 8.39. The van der Waals surface area contributed by atoms with Crippen molar-refractivity contribution in [3.8, 4) is 0 Å². The Morgan fingerprint density at radius 1 is 1.10 bits per heavy atom. The van der Waals surface area contributed by atoms with E-state index in [2.05, 4.69) is 15.3 Å². The Kier molecular flexibility index (Phi) is 5.48. The molecule has 8 nitrogen and oxygen atoms in total. The maximum Gasteiger partial charge on any atom is 0.344 e. The summed E-state index contributed by atoms with van der Waals surface area (Å²) in [4.78, 5) is 34.0. The van der Waals surface area contributed by atoms with Crippen LogP contribution in [0.4, 0.5) is 10.2 Å². The van der Waals surface area contributed by atoms with Crippen LogP contribution in [0.5, 0.6) is 0 Å². The molecule has 0 saturated heterocycles. The molecule has 158 valence electrons. The molecule has 3 N–H and O–H groups in total. The first-order valence-electron chi connectivity index (χ1n) is 9.75. The Bertz CT molecular complexity index is 1300. The summed E-state index contributed by atoms with van der Waals surface area (Å²) in [6.07, 6.45) is 0. The molecule has 0 unspecified atom stereocenters. The van der Waals surface area contributed by atoms with E-state index in [0.29, 0.717) is 22.2 Å². The number of carbonyl (C=O) groups is 2. The molecule has 0 saturated carbocycles. The molecular formula is C22H20FN5O3. The number of nitrogens with one attached hydrogen (secondary N) is 1. The number of benzene rings is 2. The summed E-state index contributed by atoms with van der Waals surface area (Å²) < 4.78 is 20.6. The molecule has 9 heteroatoms. The second-order valence-electron chi connectivity index (χ2n) is 6.75. The molecule has 4 rings (SSSR count). The lowest BCUT2D eigenvalue weighted by molar-refractivity contribution is 0.0529. The Labute approximate surface area is 176 Å². The Balaban J connectivity index is 1.68. The summed E-state index contributed by atoms with van der Waals surface area (Å²) in [6.45, 7) is 2.23. The van der Waals surface area contributed by atoms with Gasteiger partial charge in [0.2, 0.25) is 0 Å². The third kappa shape index (κ3) is 3.77. The Morgan fingerprint density at radius 3 is 2.48 bits per heavy atom. The quantitative estimate of drug-likeness (QED) is 0.463. The first-order valence-corrected chi connectivity index (χ1v) is 9.75. The molecule has 4 aromatic rings. The minimum atomic E-state index is -0.604. The largest absolute Gasteiger partial charge is 0.462 e. The van der Waals surface area contributed by atoms with Gasteiger partial charge in [0, 0.05) is 13.1 Å². The van der Waals surface area contributed by atoms with Crippen molar-refractivity contribution < 1.29 is 18.7 Å². The van der Waals surface area contributed by atoms with Crippen LogP contribution in [-0.4, -0.2) is 39.6 Å². The number of fused-ring (bicyclic) bond motifs is 2. The first-order chi connectivity index (χ1) is 15.0. The molecular weight excluding hydrogens is 401 g/mol. The monoisotopic (exact) mass is 421 g/mol. The maximum atomic E-state index is 13.8. The molecule has 0 atom stereocenters. The average Bonchev–Trinajstić information content (AvgIpc) is 3.03. The van der Waals surface area contributed by atoms with Gasteiger partial charge in [0.15, 0.2) is 5.65 Å². The zero-order valence-corrected chi connectivity index (χ0v) is 16.8. The van der Waals surface area contributed by atoms with E-state index in [4.69, 9.17) is 10.5 Å². The van der Waals surface area contributed by atoms with Gasteiger partial charge in [0.1, 0.15) is 22.7 Å². The number of hydrogen-bond acceptors (Lipinski definition) is 6. The molecule has 0 fully saturated rings. The van der Waals surface area contributed by atoms with Crippen molar-refractivity contribution in [2.24, 2.45) is 0 Å². The highest BCUT2D eigenvalue weighted by Crippen LogP contribution is 2.28. The number of anilines is 1. The van der Waals surface area contributed by atoms with Crippen LogP contribution in [0.3, 0.4) is 0 Å². The van der Waals surface area contributed by atoms with E-state index in [0.717, 1.165) is 0 Å². The molecule has 31 heavy (non-hydrogen) atoms. The number of carbonyl (C=O) groups excluding carboxylic acids is 2. The molecule has 0 aliphatic rings. The van der Waals surface area contributed by atoms with Gasteiger partial charge in [-0.2, -0.15) is 0 Å². The summed E-state index contributed by atoms with van der Waals surface area (Å²) in [5.74, 6) is -1.60. The molecule has 2 heterocycles. The van der Waals surface area contributed by atoms with Gasteiger partial charge < -0.3 is 20.4 Å². The normalized spacial score (nSPS) is 11.0. The van der Waals surface area contributed by atoms with Gasteiger partial charge in [-0.3, -0.25) is 4.79 Å². The van der Waals surface area contributed by atoms with Crippen LogP contribution in [0.2, 0.25) is 0 Å². The number of esters is 1. The summed E-state index contributed by atoms with van der Waals surface area (Å²) >= 11 is 0. The van der Waals surface area contributed by atoms with E-state index >= 15 is 0 Å². The van der Waals surface area contributed by atoms with Crippen LogP contribution < -0.4 is 11.1 Å². The number of hydrogen-bond donors (Lipinski definition) is 2. The fourth-order valence-corrected chi connectivity index (χ4v) is 3.37. The number of rotatable bonds is 6. The standard InChI is InChI=1S/C22H20FN5O3/c1-2-31-22(30)17-18-20(27-16-10-6-5-9-15(16)26-18)28(19(17)24)12-11-25-21(29)13-7-3-4-8-14(13)23/h3-10H,2,11-12,24H2,1H3,(H,25,29). The van der Waals surface area contributed by atoms with Crippen molar-refractivity contribution in [1.82, 2.24) is 19.9 Å². The number of nitrogens with two attached hydrogens (primary N) is 1. The molecule has 1 amide bonds. The van der Waals surface area contributed by atoms with E-state index in [-0.39, 0.29) is 36.6 Å². The molecule has 0 spiro atoms. The topological polar surface area (TPSA) is 112 Å². The van der Waals surface area contributed by atoms with Crippen LogP contribution in [0, 0.1) is 5.82 Å². The van der Waals surface area contributed by atoms with Gasteiger partial charge in [-0.05, 0) is 31.2 Å². The fraction of sp³-hybridized carbons (Fsp3) is 0.182. The summed E-state index contributed by atoms with van der Waals surface area (Å²) in [7, 11) is 0. The molecule has 2 aromatic heterocycles. The zero-order valence-electron chi connectivity index (χ0n) is 16.8. The first kappa shape index (κ1) is 20.3. The zero-order chi connectivity index (χ0) is 22.0. The molecule has 0 aliphatic carbocycles. The molecule has 0 aliphatic heterocycles. The highest BCUT2D eigenvalue weighted by molar-refractivity contribution is 6.08. The number of halogens is 1. The van der Waals surface area contributed by atoms with Gasteiger partial charge in [-0.1, -0.05) is 24.3 Å². The smallest absolute Gasteiger partial charge is 0.344 e. The minimum absolute atomic E-state index is 0.0502. The third-order valence-electron chi connectivity index (χ3n) is 4.81.